The Morgan fingerprint density at radius 3 is 2.24 bits per heavy atom. The molecule has 2 nitrogen and oxygen atoms in total. The molecule has 0 saturated heterocycles. The second kappa shape index (κ2) is 7.51. The predicted molar refractivity (Wildman–Crippen MR) is 124 cm³/mol. The molecule has 29 heavy (non-hydrogen) atoms. The Morgan fingerprint density at radius 2 is 1.55 bits per heavy atom. The van der Waals surface area contributed by atoms with Crippen LogP contribution in [0.3, 0.4) is 0 Å². The van der Waals surface area contributed by atoms with Crippen molar-refractivity contribution >= 4 is 5.52 Å². The molecule has 0 radical (unpaired) electrons. The highest BCUT2D eigenvalue weighted by molar-refractivity contribution is 5.83. The van der Waals surface area contributed by atoms with Crippen LogP contribution < -0.4 is 0 Å². The summed E-state index contributed by atoms with van der Waals surface area (Å²) >= 11 is 0. The molecule has 0 amide bonds. The number of aromatic nitrogens is 2. The minimum absolute atomic E-state index is 0.427. The topological polar surface area (TPSA) is 17.3 Å². The Bertz CT molecular complexity index is 1130. The zero-order chi connectivity index (χ0) is 20.7. The van der Waals surface area contributed by atoms with Crippen LogP contribution in [0, 0.1) is 13.8 Å². The molecule has 0 atom stereocenters. The lowest BCUT2D eigenvalue weighted by Gasteiger charge is -2.14. The highest BCUT2D eigenvalue weighted by Gasteiger charge is 2.23. The van der Waals surface area contributed by atoms with Gasteiger partial charge in [0, 0.05) is 34.7 Å². The fraction of sp³-hybridized carbons (Fsp3) is 0.296. The third kappa shape index (κ3) is 3.37. The number of nitrogens with zero attached hydrogens (tertiary/aromatic N) is 2. The summed E-state index contributed by atoms with van der Waals surface area (Å²) in [5.41, 5.74) is 11.5. The van der Waals surface area contributed by atoms with Crippen molar-refractivity contribution in [2.24, 2.45) is 0 Å². The van der Waals surface area contributed by atoms with Gasteiger partial charge in [-0.1, -0.05) is 52.0 Å². The molecule has 0 aliphatic heterocycles. The first-order valence-corrected chi connectivity index (χ1v) is 10.6. The van der Waals surface area contributed by atoms with Crippen molar-refractivity contribution in [3.05, 3.63) is 83.3 Å². The van der Waals surface area contributed by atoms with E-state index in [-0.39, 0.29) is 0 Å². The summed E-state index contributed by atoms with van der Waals surface area (Å²) in [6.45, 7) is 13.4. The van der Waals surface area contributed by atoms with E-state index in [1.165, 1.54) is 44.6 Å². The number of hydrogen-bond donors (Lipinski definition) is 0. The molecule has 1 aromatic carbocycles. The Balaban J connectivity index is 1.99. The van der Waals surface area contributed by atoms with Crippen LogP contribution in [0.25, 0.3) is 27.9 Å². The van der Waals surface area contributed by atoms with E-state index in [0.717, 1.165) is 5.69 Å². The SMILES string of the molecule is Cc1cnc(-c2cccc(-c3c(C(C)C)c4ccccn4c3C(C)C)c2)cc1C. The van der Waals surface area contributed by atoms with Crippen LogP contribution in [0.5, 0.6) is 0 Å². The number of benzene rings is 1. The van der Waals surface area contributed by atoms with E-state index >= 15 is 0 Å². The van der Waals surface area contributed by atoms with Gasteiger partial charge in [0.2, 0.25) is 0 Å². The number of hydrogen-bond acceptors (Lipinski definition) is 1. The standard InChI is InChI=1S/C27H30N2/c1-17(2)25-24-12-7-8-13-29(24)27(18(3)4)26(25)22-11-9-10-21(15-22)23-14-19(5)20(6)16-28-23/h7-18H,1-6H3. The Labute approximate surface area is 174 Å². The fourth-order valence-corrected chi connectivity index (χ4v) is 4.33. The highest BCUT2D eigenvalue weighted by Crippen LogP contribution is 2.41. The van der Waals surface area contributed by atoms with E-state index < -0.39 is 0 Å². The molecule has 0 unspecified atom stereocenters. The first-order chi connectivity index (χ1) is 13.9. The summed E-state index contributed by atoms with van der Waals surface area (Å²) in [4.78, 5) is 4.70. The smallest absolute Gasteiger partial charge is 0.0705 e. The lowest BCUT2D eigenvalue weighted by atomic mass is 9.90. The Morgan fingerprint density at radius 1 is 0.793 bits per heavy atom. The number of fused-ring (bicyclic) bond motifs is 1. The minimum Gasteiger partial charge on any atom is -0.320 e. The van der Waals surface area contributed by atoms with Gasteiger partial charge in [-0.3, -0.25) is 4.98 Å². The Kier molecular flexibility index (Phi) is 5.04. The maximum Gasteiger partial charge on any atom is 0.0705 e. The number of pyridine rings is 2. The van der Waals surface area contributed by atoms with Crippen LogP contribution >= 0.6 is 0 Å². The third-order valence-corrected chi connectivity index (χ3v) is 5.86. The minimum atomic E-state index is 0.427. The number of aryl methyl sites for hydroxylation is 2. The molecule has 148 valence electrons. The molecule has 0 fully saturated rings. The highest BCUT2D eigenvalue weighted by atomic mass is 14.9. The van der Waals surface area contributed by atoms with Crippen LogP contribution in [-0.4, -0.2) is 9.38 Å². The van der Waals surface area contributed by atoms with Crippen molar-refractivity contribution in [2.75, 3.05) is 0 Å². The van der Waals surface area contributed by atoms with Crippen molar-refractivity contribution in [3.63, 3.8) is 0 Å². The summed E-state index contributed by atoms with van der Waals surface area (Å²) in [7, 11) is 0. The fourth-order valence-electron chi connectivity index (χ4n) is 4.33. The molecule has 3 aromatic heterocycles. The van der Waals surface area contributed by atoms with Gasteiger partial charge in [-0.15, -0.1) is 0 Å². The van der Waals surface area contributed by atoms with Gasteiger partial charge in [0.05, 0.1) is 5.69 Å². The van der Waals surface area contributed by atoms with Crippen LogP contribution in [-0.2, 0) is 0 Å². The van der Waals surface area contributed by atoms with Gasteiger partial charge >= 0.3 is 0 Å². The molecular weight excluding hydrogens is 352 g/mol. The molecule has 0 spiro atoms. The van der Waals surface area contributed by atoms with Crippen molar-refractivity contribution in [1.29, 1.82) is 0 Å². The first-order valence-electron chi connectivity index (χ1n) is 10.6. The van der Waals surface area contributed by atoms with E-state index in [1.54, 1.807) is 0 Å². The first kappa shape index (κ1) is 19.4. The second-order valence-corrected chi connectivity index (χ2v) is 8.67. The van der Waals surface area contributed by atoms with Crippen molar-refractivity contribution < 1.29 is 0 Å². The summed E-state index contributed by atoms with van der Waals surface area (Å²) in [6, 6.07) is 17.6. The van der Waals surface area contributed by atoms with Gasteiger partial charge in [-0.2, -0.15) is 0 Å². The van der Waals surface area contributed by atoms with E-state index in [1.807, 2.05) is 6.20 Å². The number of rotatable bonds is 4. The lowest BCUT2D eigenvalue weighted by Crippen LogP contribution is -1.97. The van der Waals surface area contributed by atoms with E-state index in [4.69, 9.17) is 4.98 Å². The summed E-state index contributed by atoms with van der Waals surface area (Å²) < 4.78 is 2.39. The summed E-state index contributed by atoms with van der Waals surface area (Å²) in [6.07, 6.45) is 4.18. The maximum absolute atomic E-state index is 4.70. The van der Waals surface area contributed by atoms with Crippen LogP contribution in [0.1, 0.15) is 61.9 Å². The van der Waals surface area contributed by atoms with Crippen molar-refractivity contribution in [3.8, 4) is 22.4 Å². The molecule has 0 saturated carbocycles. The lowest BCUT2D eigenvalue weighted by molar-refractivity contribution is 0.811. The van der Waals surface area contributed by atoms with Gasteiger partial charge in [0.25, 0.3) is 0 Å². The zero-order valence-corrected chi connectivity index (χ0v) is 18.3. The van der Waals surface area contributed by atoms with E-state index in [9.17, 15) is 0 Å². The van der Waals surface area contributed by atoms with Crippen LogP contribution in [0.4, 0.5) is 0 Å². The van der Waals surface area contributed by atoms with E-state index in [0.29, 0.717) is 11.8 Å². The van der Waals surface area contributed by atoms with Gasteiger partial charge in [-0.25, -0.2) is 0 Å². The molecule has 2 heteroatoms. The molecule has 4 aromatic rings. The maximum atomic E-state index is 4.70. The monoisotopic (exact) mass is 382 g/mol. The predicted octanol–water partition coefficient (Wildman–Crippen LogP) is 7.53. The summed E-state index contributed by atoms with van der Waals surface area (Å²) in [5, 5.41) is 0. The molecule has 0 bridgehead atoms. The normalized spacial score (nSPS) is 11.7. The second-order valence-electron chi connectivity index (χ2n) is 8.67. The van der Waals surface area contributed by atoms with Gasteiger partial charge in [-0.05, 0) is 72.2 Å². The Hall–Kier alpha value is -2.87. The molecule has 0 aliphatic rings. The van der Waals surface area contributed by atoms with Crippen LogP contribution in [0.15, 0.2) is 60.9 Å². The quantitative estimate of drug-likeness (QED) is 0.356. The van der Waals surface area contributed by atoms with Crippen molar-refractivity contribution in [1.82, 2.24) is 9.38 Å². The molecule has 0 aliphatic carbocycles. The zero-order valence-electron chi connectivity index (χ0n) is 18.3. The third-order valence-electron chi connectivity index (χ3n) is 5.86. The van der Waals surface area contributed by atoms with E-state index in [2.05, 4.69) is 101 Å². The molecular formula is C27H30N2. The average molecular weight is 383 g/mol. The van der Waals surface area contributed by atoms with Crippen molar-refractivity contribution in [2.45, 2.75) is 53.4 Å². The van der Waals surface area contributed by atoms with Gasteiger partial charge in [0.1, 0.15) is 0 Å². The van der Waals surface area contributed by atoms with Gasteiger partial charge < -0.3 is 4.40 Å². The van der Waals surface area contributed by atoms with Gasteiger partial charge in [0.15, 0.2) is 0 Å². The molecule has 4 rings (SSSR count). The average Bonchev–Trinajstić information content (AvgIpc) is 3.06. The largest absolute Gasteiger partial charge is 0.320 e. The molecule has 0 N–H and O–H groups in total. The van der Waals surface area contributed by atoms with Crippen LogP contribution in [0.2, 0.25) is 0 Å². The summed E-state index contributed by atoms with van der Waals surface area (Å²) in [5.74, 6) is 0.870. The molecule has 3 heterocycles.